The summed E-state index contributed by atoms with van der Waals surface area (Å²) in [5.74, 6) is 2.66. The summed E-state index contributed by atoms with van der Waals surface area (Å²) in [7, 11) is 0. The Bertz CT molecular complexity index is 514. The average molecular weight is 296 g/mol. The van der Waals surface area contributed by atoms with Gasteiger partial charge in [0.1, 0.15) is 16.8 Å². The fourth-order valence-corrected chi connectivity index (χ4v) is 3.50. The third-order valence-corrected chi connectivity index (χ3v) is 4.69. The van der Waals surface area contributed by atoms with Gasteiger partial charge in [-0.15, -0.1) is 0 Å². The van der Waals surface area contributed by atoms with E-state index in [1.807, 2.05) is 6.07 Å². The Morgan fingerprint density at radius 3 is 2.65 bits per heavy atom. The first-order chi connectivity index (χ1) is 9.34. The van der Waals surface area contributed by atoms with E-state index in [4.69, 9.17) is 11.6 Å². The minimum absolute atomic E-state index is 0.116. The molecule has 0 bridgehead atoms. The first-order valence-corrected chi connectivity index (χ1v) is 7.70. The van der Waals surface area contributed by atoms with E-state index in [9.17, 15) is 5.11 Å². The molecule has 1 saturated carbocycles. The lowest BCUT2D eigenvalue weighted by Crippen LogP contribution is -2.26. The molecular weight excluding hydrogens is 274 g/mol. The van der Waals surface area contributed by atoms with Crippen molar-refractivity contribution in [1.29, 1.82) is 0 Å². The lowest BCUT2D eigenvalue weighted by molar-refractivity contribution is 0.133. The Hall–Kier alpha value is -0.870. The summed E-state index contributed by atoms with van der Waals surface area (Å²) in [6.45, 7) is 8.11. The molecule has 5 heteroatoms. The van der Waals surface area contributed by atoms with Gasteiger partial charge in [0, 0.05) is 30.5 Å². The molecular formula is C15H22ClN3O. The van der Waals surface area contributed by atoms with Gasteiger partial charge in [-0.1, -0.05) is 32.4 Å². The van der Waals surface area contributed by atoms with Crippen LogP contribution in [0.1, 0.15) is 39.4 Å². The maximum atomic E-state index is 10.0. The van der Waals surface area contributed by atoms with Crippen molar-refractivity contribution < 1.29 is 5.11 Å². The molecule has 1 N–H and O–H groups in total. The fourth-order valence-electron chi connectivity index (χ4n) is 3.33. The number of nitrogens with zero attached hydrogens (tertiary/aromatic N) is 3. The largest absolute Gasteiger partial charge is 0.393 e. The third-order valence-electron chi connectivity index (χ3n) is 4.50. The summed E-state index contributed by atoms with van der Waals surface area (Å²) in [6.07, 6.45) is 1.92. The molecule has 110 valence electrons. The molecule has 3 atom stereocenters. The number of aromatic nitrogens is 2. The van der Waals surface area contributed by atoms with E-state index < -0.39 is 0 Å². The molecule has 2 fully saturated rings. The Kier molecular flexibility index (Phi) is 3.41. The molecule has 0 aromatic carbocycles. The number of aliphatic hydroxyl groups is 1. The highest BCUT2D eigenvalue weighted by Crippen LogP contribution is 2.39. The van der Waals surface area contributed by atoms with Crippen molar-refractivity contribution in [2.24, 2.45) is 11.8 Å². The van der Waals surface area contributed by atoms with Crippen molar-refractivity contribution in [2.45, 2.75) is 45.1 Å². The molecule has 2 heterocycles. The third kappa shape index (κ3) is 2.51. The number of hydrogen-bond donors (Lipinski definition) is 1. The molecule has 1 aliphatic carbocycles. The number of halogens is 1. The normalized spacial score (nSPS) is 29.9. The topological polar surface area (TPSA) is 49.2 Å². The first kappa shape index (κ1) is 14.1. The van der Waals surface area contributed by atoms with Crippen molar-refractivity contribution >= 4 is 17.4 Å². The number of rotatable bonds is 1. The van der Waals surface area contributed by atoms with E-state index in [1.165, 1.54) is 0 Å². The van der Waals surface area contributed by atoms with Gasteiger partial charge in [0.25, 0.3) is 0 Å². The van der Waals surface area contributed by atoms with Crippen LogP contribution in [0.4, 0.5) is 5.82 Å². The maximum absolute atomic E-state index is 10.0. The predicted molar refractivity (Wildman–Crippen MR) is 80.2 cm³/mol. The van der Waals surface area contributed by atoms with Crippen molar-refractivity contribution in [1.82, 2.24) is 9.97 Å². The van der Waals surface area contributed by atoms with Crippen LogP contribution >= 0.6 is 11.6 Å². The van der Waals surface area contributed by atoms with Gasteiger partial charge in [0.2, 0.25) is 0 Å². The Morgan fingerprint density at radius 1 is 1.25 bits per heavy atom. The zero-order valence-corrected chi connectivity index (χ0v) is 13.1. The van der Waals surface area contributed by atoms with Gasteiger partial charge in [-0.25, -0.2) is 9.97 Å². The van der Waals surface area contributed by atoms with Gasteiger partial charge in [-0.05, 0) is 18.8 Å². The minimum atomic E-state index is -0.149. The molecule has 4 nitrogen and oxygen atoms in total. The van der Waals surface area contributed by atoms with Gasteiger partial charge < -0.3 is 10.0 Å². The van der Waals surface area contributed by atoms with Gasteiger partial charge in [-0.2, -0.15) is 0 Å². The molecule has 3 rings (SSSR count). The van der Waals surface area contributed by atoms with E-state index >= 15 is 0 Å². The van der Waals surface area contributed by atoms with Crippen LogP contribution in [0.3, 0.4) is 0 Å². The highest BCUT2D eigenvalue weighted by molar-refractivity contribution is 6.29. The average Bonchev–Trinajstić information content (AvgIpc) is 2.90. The second-order valence-electron chi connectivity index (χ2n) is 7.10. The lowest BCUT2D eigenvalue weighted by Gasteiger charge is -2.23. The zero-order valence-electron chi connectivity index (χ0n) is 12.3. The molecule has 0 spiro atoms. The fraction of sp³-hybridized carbons (Fsp3) is 0.733. The summed E-state index contributed by atoms with van der Waals surface area (Å²) in [5.41, 5.74) is -0.116. The zero-order chi connectivity index (χ0) is 14.5. The minimum Gasteiger partial charge on any atom is -0.393 e. The van der Waals surface area contributed by atoms with Crippen LogP contribution in [0.15, 0.2) is 6.07 Å². The van der Waals surface area contributed by atoms with E-state index in [-0.39, 0.29) is 11.5 Å². The van der Waals surface area contributed by atoms with Crippen LogP contribution < -0.4 is 4.90 Å². The van der Waals surface area contributed by atoms with Gasteiger partial charge in [0.15, 0.2) is 0 Å². The Labute approximate surface area is 125 Å². The van der Waals surface area contributed by atoms with E-state index in [0.717, 1.165) is 37.6 Å². The van der Waals surface area contributed by atoms with Crippen molar-refractivity contribution in [3.63, 3.8) is 0 Å². The van der Waals surface area contributed by atoms with E-state index in [2.05, 4.69) is 35.6 Å². The summed E-state index contributed by atoms with van der Waals surface area (Å²) in [4.78, 5) is 11.3. The van der Waals surface area contributed by atoms with Crippen molar-refractivity contribution in [3.8, 4) is 0 Å². The van der Waals surface area contributed by atoms with Gasteiger partial charge >= 0.3 is 0 Å². The molecule has 1 aromatic heterocycles. The standard InChI is InChI=1S/C15H22ClN3O/c1-15(2,3)14-17-12(16)6-13(18-14)19-7-9-4-5-11(20)10(9)8-19/h6,9-11,20H,4-5,7-8H2,1-3H3. The molecule has 2 aliphatic rings. The van der Waals surface area contributed by atoms with Crippen LogP contribution in [0, 0.1) is 11.8 Å². The molecule has 20 heavy (non-hydrogen) atoms. The number of anilines is 1. The predicted octanol–water partition coefficient (Wildman–Crippen LogP) is 2.63. The number of aliphatic hydroxyl groups excluding tert-OH is 1. The SMILES string of the molecule is CC(C)(C)c1nc(Cl)cc(N2CC3CCC(O)C3C2)n1. The summed E-state index contributed by atoms with van der Waals surface area (Å²) in [5, 5.41) is 10.5. The van der Waals surface area contributed by atoms with Crippen molar-refractivity contribution in [2.75, 3.05) is 18.0 Å². The van der Waals surface area contributed by atoms with E-state index in [0.29, 0.717) is 17.0 Å². The summed E-state index contributed by atoms with van der Waals surface area (Å²) >= 11 is 6.16. The smallest absolute Gasteiger partial charge is 0.137 e. The summed E-state index contributed by atoms with van der Waals surface area (Å²) < 4.78 is 0. The number of hydrogen-bond acceptors (Lipinski definition) is 4. The second-order valence-corrected chi connectivity index (χ2v) is 7.48. The first-order valence-electron chi connectivity index (χ1n) is 7.32. The number of fused-ring (bicyclic) bond motifs is 1. The van der Waals surface area contributed by atoms with Gasteiger partial charge in [0.05, 0.1) is 6.10 Å². The van der Waals surface area contributed by atoms with Gasteiger partial charge in [-0.3, -0.25) is 0 Å². The maximum Gasteiger partial charge on any atom is 0.137 e. The van der Waals surface area contributed by atoms with Crippen LogP contribution in [0.25, 0.3) is 0 Å². The van der Waals surface area contributed by atoms with Crippen LogP contribution in [0.5, 0.6) is 0 Å². The molecule has 0 radical (unpaired) electrons. The van der Waals surface area contributed by atoms with Crippen LogP contribution in [-0.4, -0.2) is 34.3 Å². The quantitative estimate of drug-likeness (QED) is 0.809. The lowest BCUT2D eigenvalue weighted by atomic mass is 9.96. The second kappa shape index (κ2) is 4.85. The van der Waals surface area contributed by atoms with Crippen LogP contribution in [-0.2, 0) is 5.41 Å². The van der Waals surface area contributed by atoms with Crippen LogP contribution in [0.2, 0.25) is 5.15 Å². The van der Waals surface area contributed by atoms with Crippen molar-refractivity contribution in [3.05, 3.63) is 17.0 Å². The molecule has 3 unspecified atom stereocenters. The van der Waals surface area contributed by atoms with E-state index in [1.54, 1.807) is 0 Å². The Balaban J connectivity index is 1.86. The highest BCUT2D eigenvalue weighted by Gasteiger charge is 2.42. The molecule has 0 amide bonds. The summed E-state index contributed by atoms with van der Waals surface area (Å²) in [6, 6.07) is 1.84. The molecule has 1 aliphatic heterocycles. The Morgan fingerprint density at radius 2 is 2.00 bits per heavy atom. The molecule has 1 aromatic rings. The highest BCUT2D eigenvalue weighted by atomic mass is 35.5. The monoisotopic (exact) mass is 295 g/mol. The molecule has 1 saturated heterocycles.